The van der Waals surface area contributed by atoms with Gasteiger partial charge in [-0.1, -0.05) is 18.9 Å². The molecule has 0 aromatic heterocycles. The van der Waals surface area contributed by atoms with E-state index in [1.54, 1.807) is 0 Å². The minimum absolute atomic E-state index is 0.000144. The van der Waals surface area contributed by atoms with Gasteiger partial charge in [-0.2, -0.15) is 0 Å². The summed E-state index contributed by atoms with van der Waals surface area (Å²) in [6, 6.07) is 0. The SMILES string of the molecule is C=C[C@]12CCCC[C@H]1CC(C(=O)OC)=C(O)C2. The number of aliphatic hydroxyl groups is 1. The summed E-state index contributed by atoms with van der Waals surface area (Å²) >= 11 is 0. The van der Waals surface area contributed by atoms with Crippen molar-refractivity contribution in [2.45, 2.75) is 38.5 Å². The molecule has 0 heterocycles. The van der Waals surface area contributed by atoms with Crippen molar-refractivity contribution in [3.05, 3.63) is 24.0 Å². The van der Waals surface area contributed by atoms with Crippen molar-refractivity contribution in [2.24, 2.45) is 11.3 Å². The predicted molar refractivity (Wildman–Crippen MR) is 65.5 cm³/mol. The van der Waals surface area contributed by atoms with E-state index in [4.69, 9.17) is 4.74 Å². The smallest absolute Gasteiger partial charge is 0.337 e. The van der Waals surface area contributed by atoms with E-state index in [2.05, 4.69) is 6.58 Å². The van der Waals surface area contributed by atoms with Crippen LogP contribution in [0.3, 0.4) is 0 Å². The van der Waals surface area contributed by atoms with Crippen LogP contribution in [0.4, 0.5) is 0 Å². The first kappa shape index (κ1) is 12.2. The number of hydrogen-bond donors (Lipinski definition) is 1. The molecule has 0 radical (unpaired) electrons. The Bertz CT molecular complexity index is 370. The molecule has 2 aliphatic rings. The van der Waals surface area contributed by atoms with E-state index in [1.165, 1.54) is 20.0 Å². The normalized spacial score (nSPS) is 32.9. The van der Waals surface area contributed by atoms with Crippen molar-refractivity contribution < 1.29 is 14.6 Å². The van der Waals surface area contributed by atoms with E-state index in [0.717, 1.165) is 12.8 Å². The molecule has 0 unspecified atom stereocenters. The quantitative estimate of drug-likeness (QED) is 0.592. The Labute approximate surface area is 102 Å². The summed E-state index contributed by atoms with van der Waals surface area (Å²) in [5.74, 6) is 0.249. The van der Waals surface area contributed by atoms with Gasteiger partial charge in [0.05, 0.1) is 12.7 Å². The zero-order valence-corrected chi connectivity index (χ0v) is 10.4. The molecule has 2 rings (SSSR count). The standard InChI is InChI=1S/C14H20O3/c1-3-14-7-5-4-6-10(14)8-11(12(15)9-14)13(16)17-2/h3,10,15H,1,4-9H2,2H3/t10-,14+/m0/s1. The molecule has 1 saturated carbocycles. The second-order valence-electron chi connectivity index (χ2n) is 5.18. The number of rotatable bonds is 2. The molecule has 0 aliphatic heterocycles. The van der Waals surface area contributed by atoms with E-state index >= 15 is 0 Å². The lowest BCUT2D eigenvalue weighted by molar-refractivity contribution is -0.137. The molecule has 3 heteroatoms. The summed E-state index contributed by atoms with van der Waals surface area (Å²) in [6.45, 7) is 3.93. The Morgan fingerprint density at radius 3 is 3.00 bits per heavy atom. The second-order valence-corrected chi connectivity index (χ2v) is 5.18. The molecule has 1 fully saturated rings. The molecule has 0 aromatic rings. The molecular weight excluding hydrogens is 216 g/mol. The highest BCUT2D eigenvalue weighted by atomic mass is 16.5. The van der Waals surface area contributed by atoms with Gasteiger partial charge in [-0.3, -0.25) is 0 Å². The highest BCUT2D eigenvalue weighted by Crippen LogP contribution is 2.52. The number of carbonyl (C=O) groups is 1. The fraction of sp³-hybridized carbons (Fsp3) is 0.643. The number of ether oxygens (including phenoxy) is 1. The summed E-state index contributed by atoms with van der Waals surface area (Å²) in [4.78, 5) is 11.6. The monoisotopic (exact) mass is 236 g/mol. The van der Waals surface area contributed by atoms with Crippen molar-refractivity contribution in [1.29, 1.82) is 0 Å². The van der Waals surface area contributed by atoms with Crippen LogP contribution in [0.25, 0.3) is 0 Å². The van der Waals surface area contributed by atoms with E-state index in [0.29, 0.717) is 24.3 Å². The fourth-order valence-electron chi connectivity index (χ4n) is 3.32. The van der Waals surface area contributed by atoms with Gasteiger partial charge in [0, 0.05) is 6.42 Å². The Kier molecular flexibility index (Phi) is 3.27. The van der Waals surface area contributed by atoms with Gasteiger partial charge in [-0.25, -0.2) is 4.79 Å². The number of hydrogen-bond acceptors (Lipinski definition) is 3. The summed E-state index contributed by atoms with van der Waals surface area (Å²) in [5, 5.41) is 10.0. The van der Waals surface area contributed by atoms with Crippen LogP contribution in [0, 0.1) is 11.3 Å². The molecule has 2 atom stereocenters. The summed E-state index contributed by atoms with van der Waals surface area (Å²) in [6.07, 6.45) is 7.73. The van der Waals surface area contributed by atoms with Gasteiger partial charge in [-0.15, -0.1) is 6.58 Å². The third kappa shape index (κ3) is 1.99. The molecule has 0 amide bonds. The van der Waals surface area contributed by atoms with Crippen molar-refractivity contribution in [2.75, 3.05) is 7.11 Å². The molecule has 1 N–H and O–H groups in total. The van der Waals surface area contributed by atoms with Crippen molar-refractivity contribution >= 4 is 5.97 Å². The van der Waals surface area contributed by atoms with Crippen LogP contribution in [-0.4, -0.2) is 18.2 Å². The number of aliphatic hydroxyl groups excluding tert-OH is 1. The van der Waals surface area contributed by atoms with Crippen molar-refractivity contribution in [3.8, 4) is 0 Å². The van der Waals surface area contributed by atoms with Gasteiger partial charge in [-0.05, 0) is 30.6 Å². The minimum atomic E-state index is -0.384. The van der Waals surface area contributed by atoms with Crippen molar-refractivity contribution in [3.63, 3.8) is 0 Å². The lowest BCUT2D eigenvalue weighted by atomic mass is 9.59. The van der Waals surface area contributed by atoms with Crippen LogP contribution < -0.4 is 0 Å². The largest absolute Gasteiger partial charge is 0.512 e. The van der Waals surface area contributed by atoms with Gasteiger partial charge >= 0.3 is 5.97 Å². The maximum Gasteiger partial charge on any atom is 0.337 e. The average molecular weight is 236 g/mol. The Morgan fingerprint density at radius 1 is 1.59 bits per heavy atom. The van der Waals surface area contributed by atoms with Gasteiger partial charge in [0.2, 0.25) is 0 Å². The zero-order valence-electron chi connectivity index (χ0n) is 10.4. The van der Waals surface area contributed by atoms with Crippen LogP contribution in [0.2, 0.25) is 0 Å². The second kappa shape index (κ2) is 4.55. The van der Waals surface area contributed by atoms with Gasteiger partial charge < -0.3 is 9.84 Å². The van der Waals surface area contributed by atoms with Crippen molar-refractivity contribution in [1.82, 2.24) is 0 Å². The molecule has 2 aliphatic carbocycles. The van der Waals surface area contributed by atoms with Crippen LogP contribution in [0.15, 0.2) is 24.0 Å². The third-order valence-corrected chi connectivity index (χ3v) is 4.39. The third-order valence-electron chi connectivity index (χ3n) is 4.39. The molecule has 0 saturated heterocycles. The summed E-state index contributed by atoms with van der Waals surface area (Å²) < 4.78 is 4.72. The summed E-state index contributed by atoms with van der Waals surface area (Å²) in [7, 11) is 1.36. The molecule has 0 spiro atoms. The lowest BCUT2D eigenvalue weighted by Crippen LogP contribution is -2.37. The van der Waals surface area contributed by atoms with Gasteiger partial charge in [0.25, 0.3) is 0 Å². The number of carbonyl (C=O) groups excluding carboxylic acids is 1. The Balaban J connectivity index is 2.31. The number of fused-ring (bicyclic) bond motifs is 1. The molecule has 94 valence electrons. The van der Waals surface area contributed by atoms with E-state index in [9.17, 15) is 9.90 Å². The van der Waals surface area contributed by atoms with Gasteiger partial charge in [0.15, 0.2) is 0 Å². The average Bonchev–Trinajstić information content (AvgIpc) is 2.36. The zero-order chi connectivity index (χ0) is 12.5. The van der Waals surface area contributed by atoms with Crippen LogP contribution in [-0.2, 0) is 9.53 Å². The Morgan fingerprint density at radius 2 is 2.35 bits per heavy atom. The first-order valence-corrected chi connectivity index (χ1v) is 6.26. The van der Waals surface area contributed by atoms with E-state index in [1.807, 2.05) is 6.08 Å². The fourth-order valence-corrected chi connectivity index (χ4v) is 3.32. The lowest BCUT2D eigenvalue weighted by Gasteiger charge is -2.45. The maximum atomic E-state index is 11.6. The summed E-state index contributed by atoms with van der Waals surface area (Å²) in [5.41, 5.74) is 0.469. The molecule has 0 bridgehead atoms. The highest BCUT2D eigenvalue weighted by molar-refractivity contribution is 5.89. The number of esters is 1. The van der Waals surface area contributed by atoms with E-state index in [-0.39, 0.29) is 17.1 Å². The molecule has 0 aromatic carbocycles. The first-order chi connectivity index (χ1) is 8.13. The topological polar surface area (TPSA) is 46.5 Å². The Hall–Kier alpha value is -1.25. The van der Waals surface area contributed by atoms with E-state index < -0.39 is 0 Å². The molecule has 17 heavy (non-hydrogen) atoms. The predicted octanol–water partition coefficient (Wildman–Crippen LogP) is 3.13. The number of allylic oxidation sites excluding steroid dienone is 2. The highest BCUT2D eigenvalue weighted by Gasteiger charge is 2.44. The van der Waals surface area contributed by atoms with Crippen LogP contribution >= 0.6 is 0 Å². The maximum absolute atomic E-state index is 11.6. The number of methoxy groups -OCH3 is 1. The molecule has 3 nitrogen and oxygen atoms in total. The molecular formula is C14H20O3. The van der Waals surface area contributed by atoms with Crippen LogP contribution in [0.5, 0.6) is 0 Å². The first-order valence-electron chi connectivity index (χ1n) is 6.26. The van der Waals surface area contributed by atoms with Crippen LogP contribution in [0.1, 0.15) is 38.5 Å². The van der Waals surface area contributed by atoms with Gasteiger partial charge in [0.1, 0.15) is 5.76 Å². The minimum Gasteiger partial charge on any atom is -0.512 e.